The first-order valence-electron chi connectivity index (χ1n) is 7.34. The molecule has 24 heavy (non-hydrogen) atoms. The number of carbonyl (C=O) groups excluding carboxylic acids is 1. The molecule has 1 amide bonds. The average Bonchev–Trinajstić information content (AvgIpc) is 3.19. The van der Waals surface area contributed by atoms with Gasteiger partial charge in [-0.25, -0.2) is 4.98 Å². The Morgan fingerprint density at radius 3 is 3.00 bits per heavy atom. The fourth-order valence-corrected chi connectivity index (χ4v) is 3.92. The van der Waals surface area contributed by atoms with Crippen LogP contribution in [-0.2, 0) is 11.2 Å². The number of nitrogens with zero attached hydrogens (tertiary/aromatic N) is 1. The molecule has 1 aromatic heterocycles. The molecule has 0 saturated heterocycles. The van der Waals surface area contributed by atoms with Crippen LogP contribution >= 0.6 is 23.1 Å². The van der Waals surface area contributed by atoms with Gasteiger partial charge in [-0.2, -0.15) is 0 Å². The summed E-state index contributed by atoms with van der Waals surface area (Å²) in [6, 6.07) is 11.6. The highest BCUT2D eigenvalue weighted by Gasteiger charge is 2.15. The van der Waals surface area contributed by atoms with Crippen molar-refractivity contribution in [1.82, 2.24) is 4.98 Å². The number of hydrogen-bond acceptors (Lipinski definition) is 6. The summed E-state index contributed by atoms with van der Waals surface area (Å²) in [7, 11) is 0. The van der Waals surface area contributed by atoms with Gasteiger partial charge in [0.15, 0.2) is 16.6 Å². The van der Waals surface area contributed by atoms with E-state index < -0.39 is 0 Å². The Labute approximate surface area is 147 Å². The smallest absolute Gasteiger partial charge is 0.231 e. The van der Waals surface area contributed by atoms with Crippen molar-refractivity contribution in [1.29, 1.82) is 0 Å². The van der Waals surface area contributed by atoms with Crippen LogP contribution in [0.3, 0.4) is 0 Å². The second kappa shape index (κ2) is 6.33. The van der Waals surface area contributed by atoms with Gasteiger partial charge in [-0.3, -0.25) is 4.79 Å². The van der Waals surface area contributed by atoms with E-state index >= 15 is 0 Å². The number of nitrogens with one attached hydrogen (secondary N) is 1. The van der Waals surface area contributed by atoms with E-state index in [9.17, 15) is 4.79 Å². The molecule has 0 unspecified atom stereocenters. The molecule has 0 atom stereocenters. The number of rotatable bonds is 4. The minimum absolute atomic E-state index is 0.0991. The zero-order chi connectivity index (χ0) is 16.5. The van der Waals surface area contributed by atoms with Gasteiger partial charge in [-0.1, -0.05) is 17.4 Å². The van der Waals surface area contributed by atoms with Crippen molar-refractivity contribution < 1.29 is 14.3 Å². The number of carbonyl (C=O) groups is 1. The predicted molar refractivity (Wildman–Crippen MR) is 96.3 cm³/mol. The number of fused-ring (bicyclic) bond motifs is 2. The number of hydrogen-bond donors (Lipinski definition) is 1. The summed E-state index contributed by atoms with van der Waals surface area (Å²) < 4.78 is 11.7. The van der Waals surface area contributed by atoms with Crippen molar-refractivity contribution >= 4 is 44.4 Å². The summed E-state index contributed by atoms with van der Waals surface area (Å²) >= 11 is 3.17. The Balaban J connectivity index is 1.47. The van der Waals surface area contributed by atoms with E-state index in [4.69, 9.17) is 9.47 Å². The third kappa shape index (κ3) is 3.05. The molecule has 5 nitrogen and oxygen atoms in total. The standard InChI is InChI=1S/C17H14N2O3S2/c1-23-11-3-4-12-15(8-11)24-17(18-12)19-16(20)7-10-2-5-13-14(6-10)22-9-21-13/h2-6,8H,7,9H2,1H3,(H,18,19,20). The van der Waals surface area contributed by atoms with Crippen LogP contribution in [0.4, 0.5) is 5.13 Å². The number of thioether (sulfide) groups is 1. The van der Waals surface area contributed by atoms with Crippen LogP contribution in [0.25, 0.3) is 10.2 Å². The monoisotopic (exact) mass is 358 g/mol. The van der Waals surface area contributed by atoms with Crippen molar-refractivity contribution in [3.63, 3.8) is 0 Å². The summed E-state index contributed by atoms with van der Waals surface area (Å²) in [5.74, 6) is 1.30. The third-order valence-electron chi connectivity index (χ3n) is 3.64. The first kappa shape index (κ1) is 15.3. The fourth-order valence-electron chi connectivity index (χ4n) is 2.49. The highest BCUT2D eigenvalue weighted by atomic mass is 32.2. The molecule has 7 heteroatoms. The second-order valence-electron chi connectivity index (χ2n) is 5.27. The van der Waals surface area contributed by atoms with Crippen molar-refractivity contribution in [2.24, 2.45) is 0 Å². The number of amides is 1. The van der Waals surface area contributed by atoms with E-state index in [2.05, 4.69) is 16.4 Å². The van der Waals surface area contributed by atoms with Crippen LogP contribution in [-0.4, -0.2) is 23.9 Å². The van der Waals surface area contributed by atoms with Crippen LogP contribution in [0.1, 0.15) is 5.56 Å². The lowest BCUT2D eigenvalue weighted by Gasteiger charge is -2.03. The molecule has 0 spiro atoms. The molecule has 1 N–H and O–H groups in total. The SMILES string of the molecule is CSc1ccc2nc(NC(=O)Cc3ccc4c(c3)OCO4)sc2c1. The maximum atomic E-state index is 12.3. The zero-order valence-corrected chi connectivity index (χ0v) is 14.5. The highest BCUT2D eigenvalue weighted by Crippen LogP contribution is 2.33. The van der Waals surface area contributed by atoms with Crippen LogP contribution in [0.5, 0.6) is 11.5 Å². The number of anilines is 1. The van der Waals surface area contributed by atoms with Crippen LogP contribution in [0, 0.1) is 0 Å². The number of ether oxygens (including phenoxy) is 2. The van der Waals surface area contributed by atoms with Crippen molar-refractivity contribution in [2.75, 3.05) is 18.4 Å². The topological polar surface area (TPSA) is 60.5 Å². The largest absolute Gasteiger partial charge is 0.454 e. The molecule has 2 heterocycles. The fraction of sp³-hybridized carbons (Fsp3) is 0.176. The maximum absolute atomic E-state index is 12.3. The maximum Gasteiger partial charge on any atom is 0.231 e. The van der Waals surface area contributed by atoms with Crippen molar-refractivity contribution in [3.8, 4) is 11.5 Å². The van der Waals surface area contributed by atoms with Gasteiger partial charge in [-0.15, -0.1) is 11.8 Å². The Hall–Kier alpha value is -2.25. The molecule has 3 aromatic rings. The molecular weight excluding hydrogens is 344 g/mol. The molecular formula is C17H14N2O3S2. The van der Waals surface area contributed by atoms with E-state index in [0.29, 0.717) is 10.9 Å². The molecule has 1 aliphatic heterocycles. The van der Waals surface area contributed by atoms with Gasteiger partial charge in [0.25, 0.3) is 0 Å². The molecule has 0 aliphatic carbocycles. The first-order chi connectivity index (χ1) is 11.7. The lowest BCUT2D eigenvalue weighted by molar-refractivity contribution is -0.115. The van der Waals surface area contributed by atoms with Crippen LogP contribution in [0.15, 0.2) is 41.3 Å². The molecule has 0 saturated carbocycles. The van der Waals surface area contributed by atoms with Gasteiger partial charge >= 0.3 is 0 Å². The molecule has 122 valence electrons. The van der Waals surface area contributed by atoms with E-state index in [1.807, 2.05) is 36.6 Å². The highest BCUT2D eigenvalue weighted by molar-refractivity contribution is 7.98. The first-order valence-corrected chi connectivity index (χ1v) is 9.38. The normalized spacial score (nSPS) is 12.5. The second-order valence-corrected chi connectivity index (χ2v) is 7.18. The Morgan fingerprint density at radius 2 is 2.12 bits per heavy atom. The van der Waals surface area contributed by atoms with E-state index in [1.54, 1.807) is 11.8 Å². The number of aromatic nitrogens is 1. The van der Waals surface area contributed by atoms with E-state index in [-0.39, 0.29) is 19.1 Å². The minimum atomic E-state index is -0.0991. The summed E-state index contributed by atoms with van der Waals surface area (Å²) in [4.78, 5) is 17.9. The Bertz CT molecular complexity index is 923. The molecule has 0 radical (unpaired) electrons. The summed E-state index contributed by atoms with van der Waals surface area (Å²) in [5, 5.41) is 3.49. The van der Waals surface area contributed by atoms with Gasteiger partial charge < -0.3 is 14.8 Å². The molecule has 1 aliphatic rings. The summed E-state index contributed by atoms with van der Waals surface area (Å²) in [5.41, 5.74) is 1.78. The zero-order valence-electron chi connectivity index (χ0n) is 12.9. The lowest BCUT2D eigenvalue weighted by Crippen LogP contribution is -2.14. The molecule has 0 fully saturated rings. The Morgan fingerprint density at radius 1 is 1.25 bits per heavy atom. The summed E-state index contributed by atoms with van der Waals surface area (Å²) in [6.45, 7) is 0.231. The Kier molecular flexibility index (Phi) is 4.03. The quantitative estimate of drug-likeness (QED) is 0.716. The third-order valence-corrected chi connectivity index (χ3v) is 5.30. The van der Waals surface area contributed by atoms with Crippen molar-refractivity contribution in [2.45, 2.75) is 11.3 Å². The molecule has 0 bridgehead atoms. The van der Waals surface area contributed by atoms with Gasteiger partial charge in [0.2, 0.25) is 12.7 Å². The molecule has 2 aromatic carbocycles. The summed E-state index contributed by atoms with van der Waals surface area (Å²) in [6.07, 6.45) is 2.30. The molecule has 4 rings (SSSR count). The van der Waals surface area contributed by atoms with Gasteiger partial charge in [0, 0.05) is 4.90 Å². The van der Waals surface area contributed by atoms with E-state index in [0.717, 1.165) is 21.5 Å². The minimum Gasteiger partial charge on any atom is -0.454 e. The predicted octanol–water partition coefficient (Wildman–Crippen LogP) is 3.93. The van der Waals surface area contributed by atoms with Gasteiger partial charge in [0.05, 0.1) is 16.6 Å². The number of benzene rings is 2. The van der Waals surface area contributed by atoms with Gasteiger partial charge in [0.1, 0.15) is 0 Å². The van der Waals surface area contributed by atoms with E-state index in [1.165, 1.54) is 16.2 Å². The van der Waals surface area contributed by atoms with Crippen molar-refractivity contribution in [3.05, 3.63) is 42.0 Å². The average molecular weight is 358 g/mol. The van der Waals surface area contributed by atoms with Crippen LogP contribution in [0.2, 0.25) is 0 Å². The van der Waals surface area contributed by atoms with Crippen LogP contribution < -0.4 is 14.8 Å². The lowest BCUT2D eigenvalue weighted by atomic mass is 10.1. The van der Waals surface area contributed by atoms with Gasteiger partial charge in [-0.05, 0) is 42.2 Å². The number of thiazole rings is 1.